The standard InChI is InChI=1S/C21H26FN3O6S/c1-12(2)19-17(9-8-15(26)10-16(27)11-18(28)29)20(13-4-6-14(22)7-5-13)24-21(23-19)25-32(3,30)31/h4-9,12,15-16,26-27H,10-11H2,1-3H3,(H,28,29)(H,23,24,25)/b9-8+/t15-,16-/m1/s1. The van der Waals surface area contributed by atoms with Gasteiger partial charge in [0.15, 0.2) is 0 Å². The number of nitrogens with zero attached hydrogens (tertiary/aromatic N) is 2. The van der Waals surface area contributed by atoms with Gasteiger partial charge in [0.2, 0.25) is 16.0 Å². The molecule has 0 aliphatic heterocycles. The van der Waals surface area contributed by atoms with Crippen LogP contribution >= 0.6 is 0 Å². The summed E-state index contributed by atoms with van der Waals surface area (Å²) in [7, 11) is -3.66. The van der Waals surface area contributed by atoms with Crippen molar-refractivity contribution in [2.24, 2.45) is 0 Å². The van der Waals surface area contributed by atoms with Crippen molar-refractivity contribution in [3.8, 4) is 11.3 Å². The van der Waals surface area contributed by atoms with E-state index in [0.717, 1.165) is 6.26 Å². The number of hydrogen-bond acceptors (Lipinski definition) is 7. The Morgan fingerprint density at radius 3 is 2.34 bits per heavy atom. The highest BCUT2D eigenvalue weighted by Crippen LogP contribution is 2.30. The second-order valence-corrected chi connectivity index (χ2v) is 9.39. The van der Waals surface area contributed by atoms with E-state index in [1.807, 2.05) is 13.8 Å². The third kappa shape index (κ3) is 7.66. The van der Waals surface area contributed by atoms with E-state index >= 15 is 0 Å². The van der Waals surface area contributed by atoms with Crippen molar-refractivity contribution in [1.29, 1.82) is 0 Å². The molecule has 1 aromatic heterocycles. The number of aliphatic carboxylic acids is 1. The van der Waals surface area contributed by atoms with Crippen LogP contribution in [0.15, 0.2) is 30.3 Å². The van der Waals surface area contributed by atoms with E-state index in [4.69, 9.17) is 5.11 Å². The lowest BCUT2D eigenvalue weighted by Gasteiger charge is -2.17. The molecule has 0 spiro atoms. The van der Waals surface area contributed by atoms with Gasteiger partial charge in [0, 0.05) is 17.5 Å². The number of carboxylic acids is 1. The molecule has 1 aromatic carbocycles. The fraction of sp³-hybridized carbons (Fsp3) is 0.381. The first kappa shape index (κ1) is 25.4. The molecule has 2 aromatic rings. The topological polar surface area (TPSA) is 150 Å². The summed E-state index contributed by atoms with van der Waals surface area (Å²) in [5.41, 5.74) is 1.74. The van der Waals surface area contributed by atoms with Crippen LogP contribution in [0.4, 0.5) is 10.3 Å². The first-order valence-electron chi connectivity index (χ1n) is 9.77. The molecule has 0 radical (unpaired) electrons. The highest BCUT2D eigenvalue weighted by Gasteiger charge is 2.19. The number of carboxylic acid groups (broad SMARTS) is 1. The molecule has 0 fully saturated rings. The molecule has 2 rings (SSSR count). The summed E-state index contributed by atoms with van der Waals surface area (Å²) in [5, 5.41) is 28.7. The zero-order valence-electron chi connectivity index (χ0n) is 17.9. The van der Waals surface area contributed by atoms with E-state index in [9.17, 15) is 27.8 Å². The van der Waals surface area contributed by atoms with E-state index < -0.39 is 40.4 Å². The molecular weight excluding hydrogens is 441 g/mol. The molecule has 32 heavy (non-hydrogen) atoms. The molecule has 4 N–H and O–H groups in total. The average molecular weight is 468 g/mol. The van der Waals surface area contributed by atoms with Crippen LogP contribution in [-0.2, 0) is 14.8 Å². The lowest BCUT2D eigenvalue weighted by atomic mass is 9.97. The van der Waals surface area contributed by atoms with Gasteiger partial charge in [-0.05, 0) is 30.2 Å². The molecule has 0 amide bonds. The maximum atomic E-state index is 13.4. The highest BCUT2D eigenvalue weighted by molar-refractivity contribution is 7.91. The molecule has 0 bridgehead atoms. The maximum Gasteiger partial charge on any atom is 0.305 e. The normalized spacial score (nSPS) is 14.0. The Morgan fingerprint density at radius 2 is 1.81 bits per heavy atom. The van der Waals surface area contributed by atoms with Crippen molar-refractivity contribution in [3.05, 3.63) is 47.4 Å². The van der Waals surface area contributed by atoms with Crippen molar-refractivity contribution >= 4 is 28.0 Å². The molecule has 9 nitrogen and oxygen atoms in total. The first-order valence-corrected chi connectivity index (χ1v) is 11.7. The number of nitrogens with one attached hydrogen (secondary N) is 1. The molecule has 0 saturated heterocycles. The third-order valence-corrected chi connectivity index (χ3v) is 4.88. The molecule has 2 atom stereocenters. The average Bonchev–Trinajstić information content (AvgIpc) is 2.64. The quantitative estimate of drug-likeness (QED) is 0.416. The van der Waals surface area contributed by atoms with E-state index in [1.165, 1.54) is 36.4 Å². The van der Waals surface area contributed by atoms with Crippen LogP contribution in [0.25, 0.3) is 17.3 Å². The summed E-state index contributed by atoms with van der Waals surface area (Å²) in [6.07, 6.45) is 0.779. The van der Waals surface area contributed by atoms with Crippen LogP contribution < -0.4 is 4.72 Å². The van der Waals surface area contributed by atoms with E-state index in [0.29, 0.717) is 22.5 Å². The Balaban J connectivity index is 2.55. The Bertz CT molecular complexity index is 1090. The van der Waals surface area contributed by atoms with Gasteiger partial charge in [-0.2, -0.15) is 0 Å². The molecule has 1 heterocycles. The van der Waals surface area contributed by atoms with Crippen molar-refractivity contribution in [2.75, 3.05) is 11.0 Å². The van der Waals surface area contributed by atoms with E-state index in [2.05, 4.69) is 14.7 Å². The number of halogens is 1. The van der Waals surface area contributed by atoms with Gasteiger partial charge in [0.25, 0.3) is 0 Å². The number of carbonyl (C=O) groups is 1. The summed E-state index contributed by atoms with van der Waals surface area (Å²) in [5.74, 6) is -1.96. The highest BCUT2D eigenvalue weighted by atomic mass is 32.2. The van der Waals surface area contributed by atoms with Gasteiger partial charge in [-0.3, -0.25) is 9.52 Å². The summed E-state index contributed by atoms with van der Waals surface area (Å²) < 4.78 is 39.1. The van der Waals surface area contributed by atoms with Gasteiger partial charge in [-0.15, -0.1) is 0 Å². The molecular formula is C21H26FN3O6S. The molecule has 0 unspecified atom stereocenters. The lowest BCUT2D eigenvalue weighted by Crippen LogP contribution is -2.19. The van der Waals surface area contributed by atoms with Gasteiger partial charge < -0.3 is 15.3 Å². The minimum absolute atomic E-state index is 0.148. The Kier molecular flexibility index (Phi) is 8.42. The van der Waals surface area contributed by atoms with Gasteiger partial charge in [-0.1, -0.05) is 26.0 Å². The minimum atomic E-state index is -3.66. The first-order chi connectivity index (χ1) is 14.9. The van der Waals surface area contributed by atoms with E-state index in [-0.39, 0.29) is 18.3 Å². The van der Waals surface area contributed by atoms with Crippen molar-refractivity contribution in [3.63, 3.8) is 0 Å². The zero-order valence-corrected chi connectivity index (χ0v) is 18.7. The molecule has 0 aliphatic rings. The number of sulfonamides is 1. The van der Waals surface area contributed by atoms with Gasteiger partial charge >= 0.3 is 5.97 Å². The predicted octanol–water partition coefficient (Wildman–Crippen LogP) is 2.38. The van der Waals surface area contributed by atoms with Gasteiger partial charge in [0.05, 0.1) is 36.3 Å². The minimum Gasteiger partial charge on any atom is -0.481 e. The van der Waals surface area contributed by atoms with Crippen molar-refractivity contribution in [2.45, 2.75) is 44.8 Å². The number of benzene rings is 1. The number of aliphatic hydroxyl groups is 2. The largest absolute Gasteiger partial charge is 0.481 e. The van der Waals surface area contributed by atoms with Crippen molar-refractivity contribution in [1.82, 2.24) is 9.97 Å². The van der Waals surface area contributed by atoms with Crippen LogP contribution in [-0.4, -0.2) is 58.1 Å². The van der Waals surface area contributed by atoms with Crippen molar-refractivity contribution < 1.29 is 32.9 Å². The summed E-state index contributed by atoms with van der Waals surface area (Å²) in [6, 6.07) is 5.44. The van der Waals surface area contributed by atoms with E-state index in [1.54, 1.807) is 0 Å². The monoisotopic (exact) mass is 467 g/mol. The lowest BCUT2D eigenvalue weighted by molar-refractivity contribution is -0.139. The van der Waals surface area contributed by atoms with Gasteiger partial charge in [0.1, 0.15) is 5.82 Å². The van der Waals surface area contributed by atoms with Crippen LogP contribution in [0.5, 0.6) is 0 Å². The van der Waals surface area contributed by atoms with Crippen LogP contribution in [0, 0.1) is 5.82 Å². The molecule has 11 heteroatoms. The number of hydrogen-bond donors (Lipinski definition) is 4. The third-order valence-electron chi connectivity index (χ3n) is 4.33. The van der Waals surface area contributed by atoms with Crippen LogP contribution in [0.2, 0.25) is 0 Å². The fourth-order valence-electron chi connectivity index (χ4n) is 2.98. The maximum absolute atomic E-state index is 13.4. The second-order valence-electron chi connectivity index (χ2n) is 7.64. The SMILES string of the molecule is CC(C)c1nc(NS(C)(=O)=O)nc(-c2ccc(F)cc2)c1/C=C/[C@@H](O)C[C@@H](O)CC(=O)O. The number of anilines is 1. The number of aliphatic hydroxyl groups excluding tert-OH is 2. The Labute approximate surface area is 185 Å². The predicted molar refractivity (Wildman–Crippen MR) is 118 cm³/mol. The molecule has 0 aliphatic carbocycles. The Hall–Kier alpha value is -2.89. The van der Waals surface area contributed by atoms with Crippen LogP contribution in [0.1, 0.15) is 43.9 Å². The number of aromatic nitrogens is 2. The van der Waals surface area contributed by atoms with Crippen LogP contribution in [0.3, 0.4) is 0 Å². The fourth-order valence-corrected chi connectivity index (χ4v) is 3.40. The molecule has 174 valence electrons. The summed E-state index contributed by atoms with van der Waals surface area (Å²) in [6.45, 7) is 3.68. The number of rotatable bonds is 10. The smallest absolute Gasteiger partial charge is 0.305 e. The van der Waals surface area contributed by atoms with Gasteiger partial charge in [-0.25, -0.2) is 22.8 Å². The molecule has 0 saturated carbocycles. The second kappa shape index (κ2) is 10.6. The Morgan fingerprint density at radius 1 is 1.19 bits per heavy atom. The summed E-state index contributed by atoms with van der Waals surface area (Å²) in [4.78, 5) is 19.3. The summed E-state index contributed by atoms with van der Waals surface area (Å²) >= 11 is 0. The zero-order chi connectivity index (χ0) is 24.1.